The SMILES string of the molecule is CC(CC(=O)N1CC2(C)CC1CC(C)(C)C2)C1CCCNC1.Cl. The highest BCUT2D eigenvalue weighted by Crippen LogP contribution is 2.52. The second kappa shape index (κ2) is 6.92. The molecule has 4 atom stereocenters. The smallest absolute Gasteiger partial charge is 0.223 e. The second-order valence-corrected chi connectivity index (χ2v) is 9.52. The molecule has 4 heteroatoms. The zero-order chi connectivity index (χ0) is 16.0. The van der Waals surface area contributed by atoms with Gasteiger partial charge in [0.25, 0.3) is 0 Å². The van der Waals surface area contributed by atoms with Gasteiger partial charge in [-0.3, -0.25) is 4.79 Å². The van der Waals surface area contributed by atoms with Crippen LogP contribution in [0.5, 0.6) is 0 Å². The predicted molar refractivity (Wildman–Crippen MR) is 97.9 cm³/mol. The molecule has 3 nitrogen and oxygen atoms in total. The van der Waals surface area contributed by atoms with Crippen LogP contribution in [0.25, 0.3) is 0 Å². The van der Waals surface area contributed by atoms with Crippen molar-refractivity contribution in [2.75, 3.05) is 19.6 Å². The average Bonchev–Trinajstić information content (AvgIpc) is 2.69. The Kier molecular flexibility index (Phi) is 5.73. The van der Waals surface area contributed by atoms with Gasteiger partial charge in [-0.2, -0.15) is 0 Å². The average molecular weight is 343 g/mol. The van der Waals surface area contributed by atoms with Crippen molar-refractivity contribution in [3.05, 3.63) is 0 Å². The first kappa shape index (κ1) is 19.1. The van der Waals surface area contributed by atoms with E-state index in [1.165, 1.54) is 32.1 Å². The molecule has 134 valence electrons. The van der Waals surface area contributed by atoms with Crippen LogP contribution in [0, 0.1) is 22.7 Å². The lowest BCUT2D eigenvalue weighted by Crippen LogP contribution is -2.40. The Morgan fingerprint density at radius 2 is 2.04 bits per heavy atom. The Hall–Kier alpha value is -0.280. The predicted octanol–water partition coefficient (Wildman–Crippen LogP) is 3.86. The maximum absolute atomic E-state index is 12.9. The van der Waals surface area contributed by atoms with Gasteiger partial charge in [0, 0.05) is 19.0 Å². The van der Waals surface area contributed by atoms with Gasteiger partial charge in [-0.1, -0.05) is 27.7 Å². The molecule has 1 aliphatic carbocycles. The molecule has 2 heterocycles. The van der Waals surface area contributed by atoms with Crippen LogP contribution in [0.15, 0.2) is 0 Å². The van der Waals surface area contributed by atoms with Gasteiger partial charge in [-0.05, 0) is 67.9 Å². The molecule has 3 fully saturated rings. The van der Waals surface area contributed by atoms with Gasteiger partial charge in [-0.25, -0.2) is 0 Å². The monoisotopic (exact) mass is 342 g/mol. The van der Waals surface area contributed by atoms with E-state index in [4.69, 9.17) is 0 Å². The largest absolute Gasteiger partial charge is 0.339 e. The van der Waals surface area contributed by atoms with Gasteiger partial charge >= 0.3 is 0 Å². The number of hydrogen-bond donors (Lipinski definition) is 1. The summed E-state index contributed by atoms with van der Waals surface area (Å²) in [6.07, 6.45) is 6.98. The summed E-state index contributed by atoms with van der Waals surface area (Å²) < 4.78 is 0. The summed E-state index contributed by atoms with van der Waals surface area (Å²) >= 11 is 0. The van der Waals surface area contributed by atoms with E-state index in [0.717, 1.165) is 26.1 Å². The van der Waals surface area contributed by atoms with Crippen LogP contribution in [0.3, 0.4) is 0 Å². The minimum Gasteiger partial charge on any atom is -0.339 e. The highest BCUT2D eigenvalue weighted by atomic mass is 35.5. The third-order valence-corrected chi connectivity index (χ3v) is 6.37. The van der Waals surface area contributed by atoms with E-state index < -0.39 is 0 Å². The van der Waals surface area contributed by atoms with Crippen LogP contribution >= 0.6 is 12.4 Å². The summed E-state index contributed by atoms with van der Waals surface area (Å²) in [5.74, 6) is 1.62. The molecular formula is C19H35ClN2O. The van der Waals surface area contributed by atoms with E-state index in [0.29, 0.717) is 34.6 Å². The van der Waals surface area contributed by atoms with E-state index in [1.807, 2.05) is 0 Å². The van der Waals surface area contributed by atoms with Gasteiger partial charge in [0.15, 0.2) is 0 Å². The molecule has 0 aromatic carbocycles. The third kappa shape index (κ3) is 4.22. The summed E-state index contributed by atoms with van der Waals surface area (Å²) in [6, 6.07) is 0.498. The maximum atomic E-state index is 12.9. The first-order chi connectivity index (χ1) is 10.3. The number of nitrogens with one attached hydrogen (secondary N) is 1. The summed E-state index contributed by atoms with van der Waals surface area (Å²) in [4.78, 5) is 15.2. The van der Waals surface area contributed by atoms with Gasteiger partial charge in [0.2, 0.25) is 5.91 Å². The number of fused-ring (bicyclic) bond motifs is 2. The minimum absolute atomic E-state index is 0. The standard InChI is InChI=1S/C19H34N2O.ClH/c1-14(15-6-5-7-20-11-15)8-17(22)21-13-19(4)10-16(21)9-18(2,3)12-19;/h14-16,20H,5-13H2,1-4H3;1H. The molecule has 4 unspecified atom stereocenters. The van der Waals surface area contributed by atoms with Crippen molar-refractivity contribution >= 4 is 18.3 Å². The van der Waals surface area contributed by atoms with Crippen LogP contribution in [0.1, 0.15) is 66.2 Å². The third-order valence-electron chi connectivity index (χ3n) is 6.37. The first-order valence-corrected chi connectivity index (χ1v) is 9.28. The summed E-state index contributed by atoms with van der Waals surface area (Å²) in [5.41, 5.74) is 0.753. The molecule has 2 bridgehead atoms. The Morgan fingerprint density at radius 1 is 1.30 bits per heavy atom. The van der Waals surface area contributed by atoms with Gasteiger partial charge in [0.1, 0.15) is 0 Å². The van der Waals surface area contributed by atoms with Crippen LogP contribution in [0.2, 0.25) is 0 Å². The number of halogens is 1. The molecule has 3 rings (SSSR count). The van der Waals surface area contributed by atoms with E-state index in [2.05, 4.69) is 37.9 Å². The number of carbonyl (C=O) groups is 1. The van der Waals surface area contributed by atoms with E-state index in [-0.39, 0.29) is 12.4 Å². The maximum Gasteiger partial charge on any atom is 0.223 e. The summed E-state index contributed by atoms with van der Waals surface area (Å²) in [7, 11) is 0. The Balaban J connectivity index is 0.00000192. The summed E-state index contributed by atoms with van der Waals surface area (Å²) in [5, 5.41) is 3.49. The summed E-state index contributed by atoms with van der Waals surface area (Å²) in [6.45, 7) is 12.7. The van der Waals surface area contributed by atoms with E-state index >= 15 is 0 Å². The van der Waals surface area contributed by atoms with E-state index in [9.17, 15) is 4.79 Å². The number of rotatable bonds is 3. The minimum atomic E-state index is 0. The zero-order valence-electron chi connectivity index (χ0n) is 15.4. The number of piperidine rings is 1. The Morgan fingerprint density at radius 3 is 2.70 bits per heavy atom. The Labute approximate surface area is 148 Å². The fourth-order valence-electron chi connectivity index (χ4n) is 5.68. The zero-order valence-corrected chi connectivity index (χ0v) is 16.2. The first-order valence-electron chi connectivity index (χ1n) is 9.28. The normalized spacial score (nSPS) is 37.1. The van der Waals surface area contributed by atoms with E-state index in [1.54, 1.807) is 0 Å². The lowest BCUT2D eigenvalue weighted by Gasteiger charge is -2.39. The Bertz CT molecular complexity index is 433. The topological polar surface area (TPSA) is 32.3 Å². The number of likely N-dealkylation sites (tertiary alicyclic amines) is 1. The molecule has 2 saturated heterocycles. The van der Waals surface area contributed by atoms with Gasteiger partial charge in [-0.15, -0.1) is 12.4 Å². The van der Waals surface area contributed by atoms with Crippen molar-refractivity contribution in [1.82, 2.24) is 10.2 Å². The number of hydrogen-bond acceptors (Lipinski definition) is 2. The van der Waals surface area contributed by atoms with Crippen LogP contribution in [0.4, 0.5) is 0 Å². The number of nitrogens with zero attached hydrogens (tertiary/aromatic N) is 1. The van der Waals surface area contributed by atoms with Crippen molar-refractivity contribution in [1.29, 1.82) is 0 Å². The molecule has 1 saturated carbocycles. The number of amides is 1. The van der Waals surface area contributed by atoms with Crippen molar-refractivity contribution < 1.29 is 4.79 Å². The van der Waals surface area contributed by atoms with Crippen molar-refractivity contribution in [2.24, 2.45) is 22.7 Å². The fourth-order valence-corrected chi connectivity index (χ4v) is 5.68. The highest BCUT2D eigenvalue weighted by Gasteiger charge is 2.50. The van der Waals surface area contributed by atoms with Gasteiger partial charge in [0.05, 0.1) is 0 Å². The molecule has 2 aliphatic heterocycles. The molecule has 0 aromatic rings. The van der Waals surface area contributed by atoms with Crippen molar-refractivity contribution in [3.63, 3.8) is 0 Å². The lowest BCUT2D eigenvalue weighted by molar-refractivity contribution is -0.133. The van der Waals surface area contributed by atoms with Gasteiger partial charge < -0.3 is 10.2 Å². The van der Waals surface area contributed by atoms with Crippen molar-refractivity contribution in [3.8, 4) is 0 Å². The second-order valence-electron chi connectivity index (χ2n) is 9.52. The highest BCUT2D eigenvalue weighted by molar-refractivity contribution is 5.85. The molecule has 23 heavy (non-hydrogen) atoms. The molecule has 1 amide bonds. The lowest BCUT2D eigenvalue weighted by atomic mass is 9.65. The molecule has 1 N–H and O–H groups in total. The van der Waals surface area contributed by atoms with Crippen molar-refractivity contribution in [2.45, 2.75) is 72.3 Å². The molecule has 0 spiro atoms. The van der Waals surface area contributed by atoms with Crippen LogP contribution < -0.4 is 5.32 Å². The molecule has 3 aliphatic rings. The molecule has 0 radical (unpaired) electrons. The van der Waals surface area contributed by atoms with Crippen LogP contribution in [-0.4, -0.2) is 36.5 Å². The molecular weight excluding hydrogens is 308 g/mol. The quantitative estimate of drug-likeness (QED) is 0.844. The fraction of sp³-hybridized carbons (Fsp3) is 0.947. The number of carbonyl (C=O) groups excluding carboxylic acids is 1. The van der Waals surface area contributed by atoms with Crippen LogP contribution in [-0.2, 0) is 4.79 Å². The molecule has 0 aromatic heterocycles.